The van der Waals surface area contributed by atoms with Gasteiger partial charge in [0.2, 0.25) is 5.88 Å². The number of rotatable bonds is 3. The number of nitrogens with zero attached hydrogens (tertiary/aromatic N) is 3. The molecule has 18 heavy (non-hydrogen) atoms. The lowest BCUT2D eigenvalue weighted by Gasteiger charge is -2.07. The third kappa shape index (κ3) is 2.51. The van der Waals surface area contributed by atoms with E-state index in [1.54, 1.807) is 12.3 Å². The largest absolute Gasteiger partial charge is 0.436 e. The molecule has 0 radical (unpaired) electrons. The molecule has 1 saturated carbocycles. The molecule has 0 bridgehead atoms. The molecule has 0 spiro atoms. The van der Waals surface area contributed by atoms with Crippen LogP contribution in [0, 0.1) is 6.92 Å². The van der Waals surface area contributed by atoms with Crippen molar-refractivity contribution in [1.29, 1.82) is 0 Å². The van der Waals surface area contributed by atoms with Crippen molar-refractivity contribution < 1.29 is 4.74 Å². The van der Waals surface area contributed by atoms with E-state index in [1.165, 1.54) is 12.8 Å². The first-order chi connectivity index (χ1) is 8.72. The third-order valence-corrected chi connectivity index (χ3v) is 3.33. The summed E-state index contributed by atoms with van der Waals surface area (Å²) in [6.45, 7) is 1.93. The normalized spacial score (nSPS) is 14.6. The monoisotopic (exact) mass is 305 g/mol. The molecule has 1 aliphatic carbocycles. The molecule has 2 heterocycles. The molecule has 0 amide bonds. The Morgan fingerprint density at radius 3 is 2.78 bits per heavy atom. The van der Waals surface area contributed by atoms with Crippen molar-refractivity contribution in [2.24, 2.45) is 0 Å². The lowest BCUT2D eigenvalue weighted by molar-refractivity contribution is 0.453. The van der Waals surface area contributed by atoms with Crippen LogP contribution in [0.1, 0.15) is 30.3 Å². The summed E-state index contributed by atoms with van der Waals surface area (Å²) in [7, 11) is 0. The Morgan fingerprint density at radius 1 is 1.22 bits per heavy atom. The van der Waals surface area contributed by atoms with Crippen molar-refractivity contribution in [3.63, 3.8) is 0 Å². The van der Waals surface area contributed by atoms with Crippen LogP contribution >= 0.6 is 15.9 Å². The Morgan fingerprint density at radius 2 is 2.06 bits per heavy atom. The van der Waals surface area contributed by atoms with Gasteiger partial charge in [-0.15, -0.1) is 0 Å². The van der Waals surface area contributed by atoms with E-state index in [0.29, 0.717) is 22.2 Å². The Bertz CT molecular complexity index is 584. The Balaban J connectivity index is 1.84. The quantitative estimate of drug-likeness (QED) is 0.813. The molecule has 1 fully saturated rings. The Hall–Kier alpha value is -1.49. The van der Waals surface area contributed by atoms with E-state index in [1.807, 2.05) is 19.1 Å². The summed E-state index contributed by atoms with van der Waals surface area (Å²) in [5, 5.41) is 0. The van der Waals surface area contributed by atoms with Crippen LogP contribution in [0.4, 0.5) is 0 Å². The second-order valence-corrected chi connectivity index (χ2v) is 5.12. The fourth-order valence-corrected chi connectivity index (χ4v) is 2.15. The molecule has 2 aromatic heterocycles. The average Bonchev–Trinajstić information content (AvgIpc) is 3.17. The Kier molecular flexibility index (Phi) is 2.99. The van der Waals surface area contributed by atoms with E-state index in [4.69, 9.17) is 4.74 Å². The van der Waals surface area contributed by atoms with Crippen LogP contribution in [0.2, 0.25) is 0 Å². The van der Waals surface area contributed by atoms with Gasteiger partial charge in [-0.05, 0) is 47.8 Å². The topological polar surface area (TPSA) is 47.9 Å². The highest BCUT2D eigenvalue weighted by atomic mass is 79.9. The minimum Gasteiger partial charge on any atom is -0.436 e. The molecule has 3 rings (SSSR count). The summed E-state index contributed by atoms with van der Waals surface area (Å²) in [6.07, 6.45) is 4.10. The van der Waals surface area contributed by atoms with Gasteiger partial charge in [0.15, 0.2) is 5.75 Å². The maximum absolute atomic E-state index is 5.72. The third-order valence-electron chi connectivity index (χ3n) is 2.76. The minimum absolute atomic E-state index is 0.521. The molecule has 0 N–H and O–H groups in total. The molecule has 0 unspecified atom stereocenters. The highest BCUT2D eigenvalue weighted by Crippen LogP contribution is 2.38. The summed E-state index contributed by atoms with van der Waals surface area (Å²) in [5.41, 5.74) is 0.940. The zero-order valence-corrected chi connectivity index (χ0v) is 11.5. The van der Waals surface area contributed by atoms with Crippen LogP contribution in [-0.4, -0.2) is 15.0 Å². The van der Waals surface area contributed by atoms with Crippen LogP contribution < -0.4 is 4.74 Å². The number of ether oxygens (including phenoxy) is 1. The molecule has 1 aliphatic rings. The fourth-order valence-electron chi connectivity index (χ4n) is 1.65. The van der Waals surface area contributed by atoms with Crippen molar-refractivity contribution in [3.05, 3.63) is 40.5 Å². The standard InChI is InChI=1S/C13H12BrN3O/c1-8-2-5-10(12(14)16-8)18-11-6-7-15-13(17-11)9-3-4-9/h2,5-7,9H,3-4H2,1H3. The van der Waals surface area contributed by atoms with Crippen molar-refractivity contribution in [3.8, 4) is 11.6 Å². The number of pyridine rings is 1. The highest BCUT2D eigenvalue weighted by molar-refractivity contribution is 9.10. The van der Waals surface area contributed by atoms with Gasteiger partial charge < -0.3 is 4.74 Å². The summed E-state index contributed by atoms with van der Waals surface area (Å²) in [4.78, 5) is 13.0. The summed E-state index contributed by atoms with van der Waals surface area (Å²) in [5.74, 6) is 2.64. The van der Waals surface area contributed by atoms with Gasteiger partial charge in [-0.25, -0.2) is 9.97 Å². The first-order valence-electron chi connectivity index (χ1n) is 5.86. The summed E-state index contributed by atoms with van der Waals surface area (Å²) >= 11 is 3.38. The predicted octanol–water partition coefficient (Wildman–Crippen LogP) is 3.61. The number of halogens is 1. The van der Waals surface area contributed by atoms with Crippen molar-refractivity contribution in [1.82, 2.24) is 15.0 Å². The van der Waals surface area contributed by atoms with Gasteiger partial charge in [0.05, 0.1) is 0 Å². The molecular weight excluding hydrogens is 294 g/mol. The van der Waals surface area contributed by atoms with E-state index in [0.717, 1.165) is 11.5 Å². The van der Waals surface area contributed by atoms with Gasteiger partial charge in [0.25, 0.3) is 0 Å². The van der Waals surface area contributed by atoms with Gasteiger partial charge in [-0.1, -0.05) is 0 Å². The van der Waals surface area contributed by atoms with Gasteiger partial charge >= 0.3 is 0 Å². The summed E-state index contributed by atoms with van der Waals surface area (Å²) < 4.78 is 6.41. The predicted molar refractivity (Wildman–Crippen MR) is 70.8 cm³/mol. The zero-order valence-electron chi connectivity index (χ0n) is 9.93. The van der Waals surface area contributed by atoms with E-state index in [9.17, 15) is 0 Å². The van der Waals surface area contributed by atoms with Gasteiger partial charge in [0.1, 0.15) is 10.4 Å². The molecule has 4 nitrogen and oxygen atoms in total. The lowest BCUT2D eigenvalue weighted by Crippen LogP contribution is -1.96. The smallest absolute Gasteiger partial charge is 0.222 e. The van der Waals surface area contributed by atoms with Gasteiger partial charge in [-0.3, -0.25) is 0 Å². The molecular formula is C13H12BrN3O. The van der Waals surface area contributed by atoms with Crippen molar-refractivity contribution >= 4 is 15.9 Å². The van der Waals surface area contributed by atoms with Crippen LogP contribution in [0.5, 0.6) is 11.6 Å². The van der Waals surface area contributed by atoms with Crippen molar-refractivity contribution in [2.75, 3.05) is 0 Å². The minimum atomic E-state index is 0.521. The molecule has 92 valence electrons. The zero-order chi connectivity index (χ0) is 12.5. The van der Waals surface area contributed by atoms with Crippen LogP contribution in [0.25, 0.3) is 0 Å². The second-order valence-electron chi connectivity index (χ2n) is 4.37. The highest BCUT2D eigenvalue weighted by Gasteiger charge is 2.26. The van der Waals surface area contributed by atoms with E-state index in [-0.39, 0.29) is 0 Å². The second kappa shape index (κ2) is 4.65. The molecule has 2 aromatic rings. The number of hydrogen-bond acceptors (Lipinski definition) is 4. The average molecular weight is 306 g/mol. The molecule has 0 atom stereocenters. The SMILES string of the molecule is Cc1ccc(Oc2ccnc(C3CC3)n2)c(Br)n1. The molecule has 5 heteroatoms. The Labute approximate surface area is 114 Å². The number of hydrogen-bond donors (Lipinski definition) is 0. The lowest BCUT2D eigenvalue weighted by atomic mass is 10.4. The van der Waals surface area contributed by atoms with Gasteiger partial charge in [0, 0.05) is 23.9 Å². The molecule has 0 aromatic carbocycles. The van der Waals surface area contributed by atoms with Crippen molar-refractivity contribution in [2.45, 2.75) is 25.7 Å². The van der Waals surface area contributed by atoms with E-state index < -0.39 is 0 Å². The van der Waals surface area contributed by atoms with Crippen LogP contribution in [0.3, 0.4) is 0 Å². The molecule has 0 aliphatic heterocycles. The van der Waals surface area contributed by atoms with Gasteiger partial charge in [-0.2, -0.15) is 4.98 Å². The van der Waals surface area contributed by atoms with Crippen LogP contribution in [0.15, 0.2) is 29.0 Å². The first-order valence-corrected chi connectivity index (χ1v) is 6.65. The van der Waals surface area contributed by atoms with Crippen LogP contribution in [-0.2, 0) is 0 Å². The maximum Gasteiger partial charge on any atom is 0.222 e. The first kappa shape index (κ1) is 11.6. The molecule has 0 saturated heterocycles. The van der Waals surface area contributed by atoms with E-state index >= 15 is 0 Å². The number of aromatic nitrogens is 3. The van der Waals surface area contributed by atoms with E-state index in [2.05, 4.69) is 30.9 Å². The maximum atomic E-state index is 5.72. The fraction of sp³-hybridized carbons (Fsp3) is 0.308. The summed E-state index contributed by atoms with van der Waals surface area (Å²) in [6, 6.07) is 5.55. The number of aryl methyl sites for hydroxylation is 1.